The zero-order chi connectivity index (χ0) is 14.5. The summed E-state index contributed by atoms with van der Waals surface area (Å²) in [6, 6.07) is 7.65. The molecule has 1 aromatic carbocycles. The highest BCUT2D eigenvalue weighted by Crippen LogP contribution is 2.31. The van der Waals surface area contributed by atoms with E-state index in [1.807, 2.05) is 24.3 Å². The molecule has 1 aromatic rings. The smallest absolute Gasteiger partial charge is 0.303 e. The van der Waals surface area contributed by atoms with Crippen LogP contribution in [0.4, 0.5) is 0 Å². The van der Waals surface area contributed by atoms with Gasteiger partial charge in [-0.3, -0.25) is 4.79 Å². The zero-order valence-corrected chi connectivity index (χ0v) is 11.8. The largest absolute Gasteiger partial charge is 0.481 e. The number of hydrogen-bond acceptors (Lipinski definition) is 3. The third-order valence-corrected chi connectivity index (χ3v) is 3.26. The minimum Gasteiger partial charge on any atom is -0.481 e. The van der Waals surface area contributed by atoms with Crippen LogP contribution in [0.1, 0.15) is 43.9 Å². The molecule has 0 bridgehead atoms. The summed E-state index contributed by atoms with van der Waals surface area (Å²) in [6.45, 7) is 4.79. The summed E-state index contributed by atoms with van der Waals surface area (Å²) < 4.78 is 5.26. The van der Waals surface area contributed by atoms with E-state index in [9.17, 15) is 4.79 Å². The molecule has 0 saturated carbocycles. The molecule has 0 saturated heterocycles. The molecule has 1 rings (SSSR count). The van der Waals surface area contributed by atoms with E-state index in [0.29, 0.717) is 13.0 Å². The number of methoxy groups -OCH3 is 1. The second-order valence-electron chi connectivity index (χ2n) is 5.44. The van der Waals surface area contributed by atoms with Crippen molar-refractivity contribution in [1.29, 1.82) is 0 Å². The Morgan fingerprint density at radius 1 is 1.42 bits per heavy atom. The van der Waals surface area contributed by atoms with Gasteiger partial charge < -0.3 is 15.6 Å². The summed E-state index contributed by atoms with van der Waals surface area (Å²) >= 11 is 0. The van der Waals surface area contributed by atoms with Crippen molar-refractivity contribution in [2.45, 2.75) is 38.1 Å². The first-order valence-electron chi connectivity index (χ1n) is 6.44. The van der Waals surface area contributed by atoms with Crippen LogP contribution in [0.3, 0.4) is 0 Å². The van der Waals surface area contributed by atoms with E-state index >= 15 is 0 Å². The predicted octanol–water partition coefficient (Wildman–Crippen LogP) is 2.48. The Hall–Kier alpha value is -1.39. The molecule has 4 nitrogen and oxygen atoms in total. The molecule has 0 amide bonds. The number of ether oxygens (including phenoxy) is 1. The van der Waals surface area contributed by atoms with E-state index in [4.69, 9.17) is 15.6 Å². The Balaban J connectivity index is 2.98. The lowest BCUT2D eigenvalue weighted by Gasteiger charge is -2.29. The number of aliphatic carboxylic acids is 1. The Morgan fingerprint density at radius 2 is 2.05 bits per heavy atom. The molecule has 0 heterocycles. The van der Waals surface area contributed by atoms with Crippen LogP contribution < -0.4 is 5.73 Å². The number of carboxylic acids is 1. The van der Waals surface area contributed by atoms with Gasteiger partial charge in [0, 0.05) is 25.0 Å². The average Bonchev–Trinajstić information content (AvgIpc) is 2.36. The predicted molar refractivity (Wildman–Crippen MR) is 75.1 cm³/mol. The topological polar surface area (TPSA) is 72.5 Å². The Bertz CT molecular complexity index is 429. The fourth-order valence-electron chi connectivity index (χ4n) is 2.31. The Kier molecular flexibility index (Phi) is 5.51. The Labute approximate surface area is 114 Å². The van der Waals surface area contributed by atoms with Gasteiger partial charge in [-0.1, -0.05) is 38.1 Å². The molecule has 0 aromatic heterocycles. The summed E-state index contributed by atoms with van der Waals surface area (Å²) in [5.41, 5.74) is 8.11. The van der Waals surface area contributed by atoms with Gasteiger partial charge in [0.2, 0.25) is 0 Å². The van der Waals surface area contributed by atoms with Crippen LogP contribution >= 0.6 is 0 Å². The van der Waals surface area contributed by atoms with Crippen LogP contribution in [0.15, 0.2) is 24.3 Å². The minimum absolute atomic E-state index is 0.0835. The zero-order valence-electron chi connectivity index (χ0n) is 11.8. The van der Waals surface area contributed by atoms with Gasteiger partial charge in [-0.25, -0.2) is 0 Å². The molecule has 1 atom stereocenters. The molecule has 1 unspecified atom stereocenters. The molecule has 19 heavy (non-hydrogen) atoms. The van der Waals surface area contributed by atoms with Crippen molar-refractivity contribution in [1.82, 2.24) is 0 Å². The second kappa shape index (κ2) is 6.68. The maximum atomic E-state index is 10.6. The van der Waals surface area contributed by atoms with Crippen molar-refractivity contribution in [3.8, 4) is 0 Å². The summed E-state index contributed by atoms with van der Waals surface area (Å²) in [4.78, 5) is 10.6. The fraction of sp³-hybridized carbons (Fsp3) is 0.533. The van der Waals surface area contributed by atoms with Gasteiger partial charge in [-0.15, -0.1) is 0 Å². The third-order valence-electron chi connectivity index (χ3n) is 3.26. The van der Waals surface area contributed by atoms with Gasteiger partial charge >= 0.3 is 5.97 Å². The molecule has 4 heteroatoms. The van der Waals surface area contributed by atoms with Gasteiger partial charge in [0.05, 0.1) is 6.61 Å². The first kappa shape index (κ1) is 15.7. The third kappa shape index (κ3) is 4.33. The number of rotatable bonds is 7. The molecule has 0 spiro atoms. The SMILES string of the molecule is COCC(C)(C)c1ccccc1C(N)CCC(=O)O. The lowest BCUT2D eigenvalue weighted by Crippen LogP contribution is -2.27. The normalized spacial score (nSPS) is 13.3. The van der Waals surface area contributed by atoms with Crippen molar-refractivity contribution in [2.24, 2.45) is 5.73 Å². The van der Waals surface area contributed by atoms with Crippen LogP contribution in [0, 0.1) is 0 Å². The van der Waals surface area contributed by atoms with Gasteiger partial charge in [-0.2, -0.15) is 0 Å². The van der Waals surface area contributed by atoms with E-state index in [1.165, 1.54) is 0 Å². The number of carbonyl (C=O) groups is 1. The van der Waals surface area contributed by atoms with E-state index in [2.05, 4.69) is 13.8 Å². The van der Waals surface area contributed by atoms with Crippen LogP contribution in [0.25, 0.3) is 0 Å². The highest BCUT2D eigenvalue weighted by Gasteiger charge is 2.25. The average molecular weight is 265 g/mol. The van der Waals surface area contributed by atoms with E-state index in [-0.39, 0.29) is 17.9 Å². The van der Waals surface area contributed by atoms with Crippen LogP contribution in [0.5, 0.6) is 0 Å². The van der Waals surface area contributed by atoms with E-state index in [1.54, 1.807) is 7.11 Å². The van der Waals surface area contributed by atoms with Crippen LogP contribution in [0.2, 0.25) is 0 Å². The quantitative estimate of drug-likeness (QED) is 0.794. The summed E-state index contributed by atoms with van der Waals surface area (Å²) in [5.74, 6) is -0.816. The van der Waals surface area contributed by atoms with Gasteiger partial charge in [-0.05, 0) is 17.5 Å². The highest BCUT2D eigenvalue weighted by molar-refractivity contribution is 5.66. The number of nitrogens with two attached hydrogens (primary N) is 1. The summed E-state index contributed by atoms with van der Waals surface area (Å²) in [5, 5.41) is 8.75. The summed E-state index contributed by atoms with van der Waals surface area (Å²) in [7, 11) is 1.68. The van der Waals surface area contributed by atoms with Crippen molar-refractivity contribution in [3.05, 3.63) is 35.4 Å². The number of hydrogen-bond donors (Lipinski definition) is 2. The first-order chi connectivity index (χ1) is 8.88. The molecular weight excluding hydrogens is 242 g/mol. The first-order valence-corrected chi connectivity index (χ1v) is 6.44. The molecule has 0 radical (unpaired) electrons. The van der Waals surface area contributed by atoms with E-state index in [0.717, 1.165) is 11.1 Å². The van der Waals surface area contributed by atoms with Gasteiger partial charge in [0.15, 0.2) is 0 Å². The second-order valence-corrected chi connectivity index (χ2v) is 5.44. The Morgan fingerprint density at radius 3 is 2.63 bits per heavy atom. The molecule has 3 N–H and O–H groups in total. The maximum Gasteiger partial charge on any atom is 0.303 e. The summed E-state index contributed by atoms with van der Waals surface area (Å²) in [6.07, 6.45) is 0.523. The fourth-order valence-corrected chi connectivity index (χ4v) is 2.31. The standard InChI is InChI=1S/C15H23NO3/c1-15(2,10-19-3)12-7-5-4-6-11(12)13(16)8-9-14(17)18/h4-7,13H,8-10,16H2,1-3H3,(H,17,18). The minimum atomic E-state index is -0.816. The van der Waals surface area contributed by atoms with Crippen LogP contribution in [-0.4, -0.2) is 24.8 Å². The molecule has 0 aliphatic rings. The lowest BCUT2D eigenvalue weighted by atomic mass is 9.80. The maximum absolute atomic E-state index is 10.6. The molecule has 106 valence electrons. The van der Waals surface area contributed by atoms with Crippen molar-refractivity contribution < 1.29 is 14.6 Å². The van der Waals surface area contributed by atoms with Crippen LogP contribution in [-0.2, 0) is 14.9 Å². The highest BCUT2D eigenvalue weighted by atomic mass is 16.5. The molecule has 0 aliphatic heterocycles. The molecule has 0 fully saturated rings. The van der Waals surface area contributed by atoms with Crippen molar-refractivity contribution in [3.63, 3.8) is 0 Å². The van der Waals surface area contributed by atoms with Crippen molar-refractivity contribution >= 4 is 5.97 Å². The van der Waals surface area contributed by atoms with Gasteiger partial charge in [0.25, 0.3) is 0 Å². The number of benzene rings is 1. The number of carboxylic acid groups (broad SMARTS) is 1. The van der Waals surface area contributed by atoms with E-state index < -0.39 is 5.97 Å². The monoisotopic (exact) mass is 265 g/mol. The molecule has 0 aliphatic carbocycles. The van der Waals surface area contributed by atoms with Crippen molar-refractivity contribution in [2.75, 3.05) is 13.7 Å². The molecular formula is C15H23NO3. The van der Waals surface area contributed by atoms with Gasteiger partial charge in [0.1, 0.15) is 0 Å². The lowest BCUT2D eigenvalue weighted by molar-refractivity contribution is -0.137.